The molecular weight excluding hydrogens is 390 g/mol. The Morgan fingerprint density at radius 1 is 0.871 bits per heavy atom. The third-order valence-electron chi connectivity index (χ3n) is 5.24. The van der Waals surface area contributed by atoms with E-state index < -0.39 is 0 Å². The summed E-state index contributed by atoms with van der Waals surface area (Å²) in [4.78, 5) is 28.1. The number of anilines is 1. The maximum atomic E-state index is 13.6. The minimum Gasteiger partial charge on any atom is -0.493 e. The number of imide groups is 1. The van der Waals surface area contributed by atoms with E-state index >= 15 is 0 Å². The fraction of sp³-hybridized carbons (Fsp3) is 0.154. The molecule has 1 heterocycles. The molecule has 0 fully saturated rings. The lowest BCUT2D eigenvalue weighted by Crippen LogP contribution is -2.42. The summed E-state index contributed by atoms with van der Waals surface area (Å²) in [5.74, 6) is 0.543. The van der Waals surface area contributed by atoms with E-state index in [0.29, 0.717) is 40.5 Å². The zero-order valence-electron chi connectivity index (χ0n) is 17.7. The second kappa shape index (κ2) is 8.48. The molecule has 0 spiro atoms. The van der Waals surface area contributed by atoms with Crippen molar-refractivity contribution in [1.29, 1.82) is 0 Å². The molecule has 1 aliphatic rings. The lowest BCUT2D eigenvalue weighted by molar-refractivity contribution is -0.112. The molecular formula is C26H23NO4. The second-order valence-electron chi connectivity index (χ2n) is 7.18. The van der Waals surface area contributed by atoms with Gasteiger partial charge in [-0.2, -0.15) is 0 Å². The third-order valence-corrected chi connectivity index (χ3v) is 5.24. The van der Waals surface area contributed by atoms with Crippen LogP contribution in [0.3, 0.4) is 0 Å². The van der Waals surface area contributed by atoms with E-state index in [2.05, 4.69) is 0 Å². The summed E-state index contributed by atoms with van der Waals surface area (Å²) < 4.78 is 11.0. The summed E-state index contributed by atoms with van der Waals surface area (Å²) in [6.45, 7) is 4.32. The van der Waals surface area contributed by atoms with Gasteiger partial charge in [-0.25, -0.2) is 4.90 Å². The van der Waals surface area contributed by atoms with Crippen LogP contribution in [0.1, 0.15) is 34.0 Å². The van der Waals surface area contributed by atoms with Gasteiger partial charge in [0.15, 0.2) is 11.5 Å². The quantitative estimate of drug-likeness (QED) is 0.430. The molecule has 0 N–H and O–H groups in total. The summed E-state index contributed by atoms with van der Waals surface area (Å²) in [6, 6.07) is 20.1. The van der Waals surface area contributed by atoms with Gasteiger partial charge in [-0.1, -0.05) is 42.5 Å². The Balaban J connectivity index is 1.87. The van der Waals surface area contributed by atoms with Crippen molar-refractivity contribution in [3.63, 3.8) is 0 Å². The molecule has 3 aromatic carbocycles. The lowest BCUT2D eigenvalue weighted by Gasteiger charge is -2.29. The van der Waals surface area contributed by atoms with Crippen LogP contribution in [0.25, 0.3) is 11.6 Å². The number of carbonyl (C=O) groups is 2. The van der Waals surface area contributed by atoms with Crippen LogP contribution in [0.5, 0.6) is 11.5 Å². The molecule has 0 atom stereocenters. The molecule has 0 bridgehead atoms. The molecule has 2 amide bonds. The Kier molecular flexibility index (Phi) is 5.58. The first-order valence-electron chi connectivity index (χ1n) is 10.1. The van der Waals surface area contributed by atoms with Gasteiger partial charge in [-0.05, 0) is 60.9 Å². The molecule has 0 aliphatic carbocycles. The molecule has 5 nitrogen and oxygen atoms in total. The van der Waals surface area contributed by atoms with Crippen LogP contribution in [-0.2, 0) is 4.79 Å². The van der Waals surface area contributed by atoms with E-state index in [1.807, 2.05) is 56.3 Å². The first kappa shape index (κ1) is 20.4. The minimum absolute atomic E-state index is 0.323. The zero-order valence-corrected chi connectivity index (χ0v) is 17.7. The number of benzene rings is 3. The Labute approximate surface area is 181 Å². The van der Waals surface area contributed by atoms with Crippen molar-refractivity contribution < 1.29 is 19.1 Å². The molecule has 5 heteroatoms. The van der Waals surface area contributed by atoms with E-state index in [1.165, 1.54) is 4.90 Å². The second-order valence-corrected chi connectivity index (χ2v) is 7.18. The summed E-state index contributed by atoms with van der Waals surface area (Å²) in [6.07, 6.45) is 1.79. The van der Waals surface area contributed by atoms with Crippen molar-refractivity contribution in [2.45, 2.75) is 13.8 Å². The molecule has 3 aromatic rings. The van der Waals surface area contributed by atoms with Crippen molar-refractivity contribution in [3.05, 3.63) is 89.0 Å². The fourth-order valence-electron chi connectivity index (χ4n) is 3.74. The highest BCUT2D eigenvalue weighted by Crippen LogP contribution is 2.36. The van der Waals surface area contributed by atoms with Crippen LogP contribution >= 0.6 is 0 Å². The Bertz CT molecular complexity index is 1200. The maximum absolute atomic E-state index is 13.6. The largest absolute Gasteiger partial charge is 0.493 e. The average Bonchev–Trinajstić information content (AvgIpc) is 2.79. The molecule has 4 rings (SSSR count). The molecule has 0 radical (unpaired) electrons. The van der Waals surface area contributed by atoms with Crippen LogP contribution in [0, 0.1) is 6.92 Å². The SMILES string of the molecule is CCOc1ccc(/C=C2\C(=O)N(c3ccccc3C)C(=O)c3ccccc32)cc1OC. The molecule has 0 unspecified atom stereocenters. The predicted molar refractivity (Wildman–Crippen MR) is 121 cm³/mol. The van der Waals surface area contributed by atoms with Crippen molar-refractivity contribution in [1.82, 2.24) is 0 Å². The minimum atomic E-state index is -0.356. The number of amides is 2. The monoisotopic (exact) mass is 413 g/mol. The highest BCUT2D eigenvalue weighted by molar-refractivity contribution is 6.43. The molecule has 156 valence electrons. The summed E-state index contributed by atoms with van der Waals surface area (Å²) in [5.41, 5.74) is 3.78. The van der Waals surface area contributed by atoms with Crippen molar-refractivity contribution in [2.75, 3.05) is 18.6 Å². The highest BCUT2D eigenvalue weighted by Gasteiger charge is 2.36. The first-order valence-corrected chi connectivity index (χ1v) is 10.1. The van der Waals surface area contributed by atoms with Crippen LogP contribution in [0.15, 0.2) is 66.7 Å². The van der Waals surface area contributed by atoms with E-state index in [4.69, 9.17) is 9.47 Å². The van der Waals surface area contributed by atoms with Crippen LogP contribution in [0.2, 0.25) is 0 Å². The van der Waals surface area contributed by atoms with Gasteiger partial charge in [0.1, 0.15) is 0 Å². The number of aryl methyl sites for hydroxylation is 1. The number of rotatable bonds is 5. The standard InChI is InChI=1S/C26H23NO4/c1-4-31-23-14-13-18(16-24(23)30-3)15-21-19-10-6-7-11-20(19)25(28)27(26(21)29)22-12-8-5-9-17(22)2/h5-16H,4H2,1-3H3/b21-15-. The number of nitrogens with zero attached hydrogens (tertiary/aromatic N) is 1. The van der Waals surface area contributed by atoms with Gasteiger partial charge in [0, 0.05) is 11.1 Å². The van der Waals surface area contributed by atoms with Crippen molar-refractivity contribution in [3.8, 4) is 11.5 Å². The van der Waals surface area contributed by atoms with Gasteiger partial charge in [0.05, 0.1) is 19.4 Å². The number of hydrogen-bond donors (Lipinski definition) is 0. The average molecular weight is 413 g/mol. The van der Waals surface area contributed by atoms with Gasteiger partial charge in [-0.15, -0.1) is 0 Å². The number of ether oxygens (including phenoxy) is 2. The predicted octanol–water partition coefficient (Wildman–Crippen LogP) is 5.13. The maximum Gasteiger partial charge on any atom is 0.265 e. The number of fused-ring (bicyclic) bond motifs is 1. The van der Waals surface area contributed by atoms with Gasteiger partial charge in [0.25, 0.3) is 11.8 Å². The number of hydrogen-bond acceptors (Lipinski definition) is 4. The number of carbonyl (C=O) groups excluding carboxylic acids is 2. The van der Waals surface area contributed by atoms with E-state index in [9.17, 15) is 9.59 Å². The number of methoxy groups -OCH3 is 1. The third kappa shape index (κ3) is 3.70. The fourth-order valence-corrected chi connectivity index (χ4v) is 3.74. The Hall–Kier alpha value is -3.86. The van der Waals surface area contributed by atoms with Crippen LogP contribution < -0.4 is 14.4 Å². The lowest BCUT2D eigenvalue weighted by atomic mass is 9.91. The Morgan fingerprint density at radius 2 is 1.58 bits per heavy atom. The Morgan fingerprint density at radius 3 is 2.29 bits per heavy atom. The smallest absolute Gasteiger partial charge is 0.265 e. The summed E-state index contributed by atoms with van der Waals surface area (Å²) in [7, 11) is 1.58. The molecule has 0 saturated heterocycles. The molecule has 31 heavy (non-hydrogen) atoms. The number of para-hydroxylation sites is 1. The summed E-state index contributed by atoms with van der Waals surface area (Å²) >= 11 is 0. The normalized spacial score (nSPS) is 14.5. The molecule has 1 aliphatic heterocycles. The zero-order chi connectivity index (χ0) is 22.0. The first-order chi connectivity index (χ1) is 15.0. The molecule has 0 saturated carbocycles. The van der Waals surface area contributed by atoms with Crippen LogP contribution in [-0.4, -0.2) is 25.5 Å². The molecule has 0 aromatic heterocycles. The van der Waals surface area contributed by atoms with Crippen molar-refractivity contribution >= 4 is 29.2 Å². The van der Waals surface area contributed by atoms with Gasteiger partial charge < -0.3 is 9.47 Å². The summed E-state index contributed by atoms with van der Waals surface area (Å²) in [5, 5.41) is 0. The van der Waals surface area contributed by atoms with E-state index in [0.717, 1.165) is 11.1 Å². The van der Waals surface area contributed by atoms with E-state index in [-0.39, 0.29) is 11.8 Å². The van der Waals surface area contributed by atoms with Crippen LogP contribution in [0.4, 0.5) is 5.69 Å². The van der Waals surface area contributed by atoms with Gasteiger partial charge in [-0.3, -0.25) is 9.59 Å². The van der Waals surface area contributed by atoms with Gasteiger partial charge >= 0.3 is 0 Å². The van der Waals surface area contributed by atoms with E-state index in [1.54, 1.807) is 37.5 Å². The van der Waals surface area contributed by atoms with Gasteiger partial charge in [0.2, 0.25) is 0 Å². The highest BCUT2D eigenvalue weighted by atomic mass is 16.5. The van der Waals surface area contributed by atoms with Crippen molar-refractivity contribution in [2.24, 2.45) is 0 Å². The topological polar surface area (TPSA) is 55.8 Å².